The van der Waals surface area contributed by atoms with Crippen molar-refractivity contribution in [2.24, 2.45) is 16.7 Å². The Morgan fingerprint density at radius 2 is 1.46 bits per heavy atom. The Hall–Kier alpha value is 0.480. The van der Waals surface area contributed by atoms with Gasteiger partial charge in [-0.3, -0.25) is 0 Å². The van der Waals surface area contributed by atoms with Crippen LogP contribution in [0.2, 0.25) is 0 Å². The van der Waals surface area contributed by atoms with Gasteiger partial charge in [-0.1, -0.05) is 29.8 Å². The van der Waals surface area contributed by atoms with E-state index in [9.17, 15) is 0 Å². The van der Waals surface area contributed by atoms with Crippen LogP contribution in [0.4, 0.5) is 0 Å². The molecule has 0 nitrogen and oxygen atoms in total. The Morgan fingerprint density at radius 3 is 1.85 bits per heavy atom. The van der Waals surface area contributed by atoms with Crippen LogP contribution in [0.5, 0.6) is 0 Å². The standard InChI is InChI=1S/C12H19Br/c1-10-3-9-4-11(2,6-10)8-12(13,5-9)7-10/h9H,3-8H2,1-2H3/t9?,10-,11+,12?. The van der Waals surface area contributed by atoms with Gasteiger partial charge in [0.05, 0.1) is 0 Å². The van der Waals surface area contributed by atoms with Crippen molar-refractivity contribution in [1.82, 2.24) is 0 Å². The average Bonchev–Trinajstić information content (AvgIpc) is 1.71. The normalized spacial score (nSPS) is 64.4. The highest BCUT2D eigenvalue weighted by atomic mass is 79.9. The molecule has 0 radical (unpaired) electrons. The summed E-state index contributed by atoms with van der Waals surface area (Å²) in [7, 11) is 0. The van der Waals surface area contributed by atoms with Crippen LogP contribution in [-0.4, -0.2) is 4.32 Å². The molecule has 4 fully saturated rings. The van der Waals surface area contributed by atoms with Gasteiger partial charge >= 0.3 is 0 Å². The molecule has 0 aromatic rings. The summed E-state index contributed by atoms with van der Waals surface area (Å²) in [6, 6.07) is 0. The van der Waals surface area contributed by atoms with E-state index in [1.807, 2.05) is 0 Å². The lowest BCUT2D eigenvalue weighted by Gasteiger charge is -2.63. The van der Waals surface area contributed by atoms with Crippen LogP contribution < -0.4 is 0 Å². The Morgan fingerprint density at radius 1 is 0.923 bits per heavy atom. The molecule has 13 heavy (non-hydrogen) atoms. The molecule has 4 bridgehead atoms. The molecule has 0 saturated heterocycles. The van der Waals surface area contributed by atoms with Gasteiger partial charge in [0, 0.05) is 4.32 Å². The minimum absolute atomic E-state index is 0.538. The van der Waals surface area contributed by atoms with Crippen molar-refractivity contribution in [3.8, 4) is 0 Å². The summed E-state index contributed by atoms with van der Waals surface area (Å²) < 4.78 is 0.538. The van der Waals surface area contributed by atoms with Crippen LogP contribution in [0.15, 0.2) is 0 Å². The summed E-state index contributed by atoms with van der Waals surface area (Å²) in [5.74, 6) is 1.03. The molecular weight excluding hydrogens is 224 g/mol. The zero-order valence-corrected chi connectivity index (χ0v) is 10.3. The molecule has 4 rings (SSSR count). The summed E-state index contributed by atoms with van der Waals surface area (Å²) >= 11 is 4.03. The minimum atomic E-state index is 0.538. The lowest BCUT2D eigenvalue weighted by molar-refractivity contribution is -0.0755. The highest BCUT2D eigenvalue weighted by Crippen LogP contribution is 2.68. The second kappa shape index (κ2) is 2.18. The smallest absolute Gasteiger partial charge is 0.0271 e. The Balaban J connectivity index is 2.03. The molecule has 0 spiro atoms. The van der Waals surface area contributed by atoms with Crippen molar-refractivity contribution in [2.75, 3.05) is 0 Å². The summed E-state index contributed by atoms with van der Waals surface area (Å²) in [5.41, 5.74) is 1.36. The third-order valence-corrected chi connectivity index (χ3v) is 5.44. The van der Waals surface area contributed by atoms with Crippen molar-refractivity contribution in [1.29, 1.82) is 0 Å². The van der Waals surface area contributed by atoms with E-state index in [-0.39, 0.29) is 0 Å². The molecule has 0 amide bonds. The topological polar surface area (TPSA) is 0 Å². The van der Waals surface area contributed by atoms with Crippen LogP contribution in [0, 0.1) is 16.7 Å². The Kier molecular flexibility index (Phi) is 1.47. The molecule has 2 unspecified atom stereocenters. The summed E-state index contributed by atoms with van der Waals surface area (Å²) in [4.78, 5) is 0. The number of halogens is 1. The summed E-state index contributed by atoms with van der Waals surface area (Å²) in [6.45, 7) is 5.04. The van der Waals surface area contributed by atoms with E-state index in [2.05, 4.69) is 29.8 Å². The van der Waals surface area contributed by atoms with Gasteiger partial charge in [0.15, 0.2) is 0 Å². The molecule has 0 aliphatic heterocycles. The maximum Gasteiger partial charge on any atom is 0.0271 e. The van der Waals surface area contributed by atoms with E-state index in [0.29, 0.717) is 15.2 Å². The van der Waals surface area contributed by atoms with E-state index < -0.39 is 0 Å². The molecule has 0 aromatic heterocycles. The van der Waals surface area contributed by atoms with E-state index in [1.165, 1.54) is 38.5 Å². The van der Waals surface area contributed by atoms with Crippen molar-refractivity contribution in [3.63, 3.8) is 0 Å². The Labute approximate surface area is 89.6 Å². The lowest BCUT2D eigenvalue weighted by Crippen LogP contribution is -2.55. The fraction of sp³-hybridized carbons (Fsp3) is 1.00. The zero-order chi connectivity index (χ0) is 9.32. The predicted molar refractivity (Wildman–Crippen MR) is 59.1 cm³/mol. The number of rotatable bonds is 0. The van der Waals surface area contributed by atoms with Crippen molar-refractivity contribution in [3.05, 3.63) is 0 Å². The van der Waals surface area contributed by atoms with Crippen molar-refractivity contribution < 1.29 is 0 Å². The average molecular weight is 243 g/mol. The molecule has 1 heteroatoms. The molecule has 4 aliphatic carbocycles. The van der Waals surface area contributed by atoms with Crippen molar-refractivity contribution >= 4 is 15.9 Å². The van der Waals surface area contributed by atoms with E-state index in [0.717, 1.165) is 5.92 Å². The van der Waals surface area contributed by atoms with Gasteiger partial charge in [0.25, 0.3) is 0 Å². The first-order chi connectivity index (χ1) is 5.91. The van der Waals surface area contributed by atoms with Gasteiger partial charge in [-0.2, -0.15) is 0 Å². The highest BCUT2D eigenvalue weighted by Gasteiger charge is 2.59. The Bertz CT molecular complexity index is 207. The second-order valence-electron chi connectivity index (χ2n) is 6.78. The van der Waals surface area contributed by atoms with Gasteiger partial charge in [-0.25, -0.2) is 0 Å². The van der Waals surface area contributed by atoms with Crippen LogP contribution in [0.25, 0.3) is 0 Å². The molecule has 4 atom stereocenters. The minimum Gasteiger partial charge on any atom is -0.0853 e. The SMILES string of the molecule is C[C@]12CC3CC(Br)(C1)C[C@@](C)(C3)C2. The largest absolute Gasteiger partial charge is 0.0853 e. The first kappa shape index (κ1) is 8.76. The lowest BCUT2D eigenvalue weighted by atomic mass is 9.45. The van der Waals surface area contributed by atoms with Gasteiger partial charge in [-0.05, 0) is 55.3 Å². The molecule has 4 saturated carbocycles. The van der Waals surface area contributed by atoms with Gasteiger partial charge in [-0.15, -0.1) is 0 Å². The number of hydrogen-bond donors (Lipinski definition) is 0. The zero-order valence-electron chi connectivity index (χ0n) is 8.70. The number of hydrogen-bond acceptors (Lipinski definition) is 0. The maximum atomic E-state index is 4.03. The van der Waals surface area contributed by atoms with Gasteiger partial charge in [0.2, 0.25) is 0 Å². The molecule has 0 heterocycles. The molecule has 74 valence electrons. The van der Waals surface area contributed by atoms with Crippen LogP contribution >= 0.6 is 15.9 Å². The molecule has 0 aromatic carbocycles. The van der Waals surface area contributed by atoms with E-state index in [1.54, 1.807) is 0 Å². The monoisotopic (exact) mass is 242 g/mol. The predicted octanol–water partition coefficient (Wildman–Crippen LogP) is 4.13. The van der Waals surface area contributed by atoms with Crippen LogP contribution in [-0.2, 0) is 0 Å². The third kappa shape index (κ3) is 1.22. The van der Waals surface area contributed by atoms with Gasteiger partial charge < -0.3 is 0 Å². The first-order valence-corrected chi connectivity index (χ1v) is 6.39. The molecule has 0 N–H and O–H groups in total. The summed E-state index contributed by atoms with van der Waals surface area (Å²) in [5, 5.41) is 0. The quantitative estimate of drug-likeness (QED) is 0.561. The van der Waals surface area contributed by atoms with E-state index >= 15 is 0 Å². The fourth-order valence-electron chi connectivity index (χ4n) is 5.31. The fourth-order valence-corrected chi connectivity index (χ4v) is 7.12. The summed E-state index contributed by atoms with van der Waals surface area (Å²) in [6.07, 6.45) is 8.84. The third-order valence-electron chi connectivity index (χ3n) is 4.56. The van der Waals surface area contributed by atoms with E-state index in [4.69, 9.17) is 0 Å². The maximum absolute atomic E-state index is 4.03. The number of alkyl halides is 1. The van der Waals surface area contributed by atoms with Crippen LogP contribution in [0.3, 0.4) is 0 Å². The van der Waals surface area contributed by atoms with Gasteiger partial charge in [0.1, 0.15) is 0 Å². The first-order valence-electron chi connectivity index (χ1n) is 5.60. The molecule has 4 aliphatic rings. The highest BCUT2D eigenvalue weighted by molar-refractivity contribution is 9.10. The van der Waals surface area contributed by atoms with Crippen LogP contribution in [0.1, 0.15) is 52.4 Å². The second-order valence-corrected chi connectivity index (χ2v) is 8.46. The molecular formula is C12H19Br. The van der Waals surface area contributed by atoms with Crippen molar-refractivity contribution in [2.45, 2.75) is 56.7 Å².